The average molecular weight is 219 g/mol. The zero-order valence-corrected chi connectivity index (χ0v) is 9.95. The number of nitrogens with zero attached hydrogens (tertiary/aromatic N) is 1. The first-order valence-corrected chi connectivity index (χ1v) is 6.23. The fourth-order valence-corrected chi connectivity index (χ4v) is 2.54. The zero-order chi connectivity index (χ0) is 11.4. The van der Waals surface area contributed by atoms with Gasteiger partial charge in [0.15, 0.2) is 0 Å². The van der Waals surface area contributed by atoms with E-state index in [2.05, 4.69) is 17.2 Å². The predicted octanol–water partition coefficient (Wildman–Crippen LogP) is 3.04. The van der Waals surface area contributed by atoms with Gasteiger partial charge >= 0.3 is 0 Å². The van der Waals surface area contributed by atoms with Crippen molar-refractivity contribution in [3.63, 3.8) is 0 Å². The summed E-state index contributed by atoms with van der Waals surface area (Å²) >= 11 is 0. The van der Waals surface area contributed by atoms with Gasteiger partial charge in [0.2, 0.25) is 0 Å². The molecule has 1 aromatic rings. The molecule has 1 unspecified atom stereocenters. The lowest BCUT2D eigenvalue weighted by Crippen LogP contribution is -2.28. The summed E-state index contributed by atoms with van der Waals surface area (Å²) in [4.78, 5) is 4.00. The minimum atomic E-state index is 0.505. The highest BCUT2D eigenvalue weighted by molar-refractivity contribution is 5.64. The van der Waals surface area contributed by atoms with Gasteiger partial charge in [-0.3, -0.25) is 4.98 Å². The topological polar surface area (TPSA) is 50.9 Å². The van der Waals surface area contributed by atoms with Crippen molar-refractivity contribution in [2.45, 2.75) is 45.1 Å². The molecule has 16 heavy (non-hydrogen) atoms. The van der Waals surface area contributed by atoms with E-state index in [1.807, 2.05) is 6.07 Å². The van der Waals surface area contributed by atoms with Gasteiger partial charge in [0.05, 0.1) is 17.6 Å². The molecular formula is C13H21N3. The van der Waals surface area contributed by atoms with Crippen molar-refractivity contribution in [1.82, 2.24) is 4.98 Å². The second kappa shape index (κ2) is 5.19. The summed E-state index contributed by atoms with van der Waals surface area (Å²) in [5.41, 5.74) is 7.64. The fraction of sp³-hybridized carbons (Fsp3) is 0.615. The van der Waals surface area contributed by atoms with E-state index in [0.29, 0.717) is 6.04 Å². The molecule has 0 radical (unpaired) electrons. The second-order valence-corrected chi connectivity index (χ2v) is 4.79. The Labute approximate surface area is 97.5 Å². The maximum Gasteiger partial charge on any atom is 0.0736 e. The third-order valence-corrected chi connectivity index (χ3v) is 3.59. The summed E-state index contributed by atoms with van der Waals surface area (Å²) < 4.78 is 0. The van der Waals surface area contributed by atoms with Gasteiger partial charge < -0.3 is 11.1 Å². The Balaban J connectivity index is 1.96. The maximum atomic E-state index is 5.87. The van der Waals surface area contributed by atoms with Crippen LogP contribution in [0.1, 0.15) is 39.0 Å². The van der Waals surface area contributed by atoms with Crippen molar-refractivity contribution in [2.75, 3.05) is 11.1 Å². The molecule has 0 aliphatic heterocycles. The fourth-order valence-electron chi connectivity index (χ4n) is 2.54. The van der Waals surface area contributed by atoms with Crippen LogP contribution in [0.25, 0.3) is 0 Å². The predicted molar refractivity (Wildman–Crippen MR) is 68.3 cm³/mol. The van der Waals surface area contributed by atoms with Crippen LogP contribution in [0, 0.1) is 5.92 Å². The van der Waals surface area contributed by atoms with Crippen molar-refractivity contribution in [1.29, 1.82) is 0 Å². The number of anilines is 2. The number of nitrogen functional groups attached to an aromatic ring is 1. The molecule has 1 aromatic heterocycles. The van der Waals surface area contributed by atoms with E-state index >= 15 is 0 Å². The molecule has 0 amide bonds. The molecule has 3 N–H and O–H groups in total. The van der Waals surface area contributed by atoms with Crippen LogP contribution in [-0.4, -0.2) is 11.0 Å². The van der Waals surface area contributed by atoms with Gasteiger partial charge in [-0.1, -0.05) is 19.3 Å². The van der Waals surface area contributed by atoms with Crippen LogP contribution in [0.4, 0.5) is 11.4 Å². The zero-order valence-electron chi connectivity index (χ0n) is 9.95. The molecule has 1 aliphatic carbocycles. The minimum Gasteiger partial charge on any atom is -0.396 e. The van der Waals surface area contributed by atoms with E-state index in [1.165, 1.54) is 32.1 Å². The van der Waals surface area contributed by atoms with Gasteiger partial charge in [-0.2, -0.15) is 0 Å². The molecule has 2 rings (SSSR count). The summed E-state index contributed by atoms with van der Waals surface area (Å²) in [6.07, 6.45) is 10.3. The van der Waals surface area contributed by atoms with Crippen molar-refractivity contribution < 1.29 is 0 Å². The molecule has 1 heterocycles. The van der Waals surface area contributed by atoms with E-state index in [1.54, 1.807) is 12.4 Å². The smallest absolute Gasteiger partial charge is 0.0736 e. The van der Waals surface area contributed by atoms with Crippen LogP contribution in [0.2, 0.25) is 0 Å². The van der Waals surface area contributed by atoms with Crippen molar-refractivity contribution in [3.05, 3.63) is 18.5 Å². The number of hydrogen-bond acceptors (Lipinski definition) is 3. The van der Waals surface area contributed by atoms with Crippen molar-refractivity contribution in [3.8, 4) is 0 Å². The highest BCUT2D eigenvalue weighted by atomic mass is 14.9. The Morgan fingerprint density at radius 2 is 2.12 bits per heavy atom. The van der Waals surface area contributed by atoms with Crippen LogP contribution in [0.15, 0.2) is 18.5 Å². The normalized spacial score (nSPS) is 19.3. The Morgan fingerprint density at radius 3 is 2.81 bits per heavy atom. The molecular weight excluding hydrogens is 198 g/mol. The lowest BCUT2D eigenvalue weighted by Gasteiger charge is -2.29. The highest BCUT2D eigenvalue weighted by Crippen LogP contribution is 2.28. The summed E-state index contributed by atoms with van der Waals surface area (Å²) in [6, 6.07) is 2.46. The van der Waals surface area contributed by atoms with E-state index in [-0.39, 0.29) is 0 Å². The molecule has 88 valence electrons. The van der Waals surface area contributed by atoms with Crippen molar-refractivity contribution >= 4 is 11.4 Å². The number of nitrogens with two attached hydrogens (primary N) is 1. The molecule has 3 nitrogen and oxygen atoms in total. The lowest BCUT2D eigenvalue weighted by molar-refractivity contribution is 0.328. The number of rotatable bonds is 3. The molecule has 3 heteroatoms. The number of aromatic nitrogens is 1. The third kappa shape index (κ3) is 2.65. The first kappa shape index (κ1) is 11.2. The van der Waals surface area contributed by atoms with E-state index in [9.17, 15) is 0 Å². The van der Waals surface area contributed by atoms with Gasteiger partial charge in [-0.25, -0.2) is 0 Å². The Morgan fingerprint density at radius 1 is 1.38 bits per heavy atom. The van der Waals surface area contributed by atoms with Gasteiger partial charge in [-0.05, 0) is 31.7 Å². The molecule has 0 spiro atoms. The quantitative estimate of drug-likeness (QED) is 0.821. The van der Waals surface area contributed by atoms with Crippen LogP contribution < -0.4 is 11.1 Å². The molecule has 1 aliphatic rings. The summed E-state index contributed by atoms with van der Waals surface area (Å²) in [5, 5.41) is 3.51. The van der Waals surface area contributed by atoms with Crippen LogP contribution in [0.5, 0.6) is 0 Å². The summed E-state index contributed by atoms with van der Waals surface area (Å²) in [6.45, 7) is 2.26. The SMILES string of the molecule is CC(Nc1ccncc1N)C1CCCCC1. The third-order valence-electron chi connectivity index (χ3n) is 3.59. The molecule has 1 saturated carbocycles. The van der Waals surface area contributed by atoms with E-state index in [4.69, 9.17) is 5.73 Å². The van der Waals surface area contributed by atoms with Crippen LogP contribution in [0.3, 0.4) is 0 Å². The lowest BCUT2D eigenvalue weighted by atomic mass is 9.84. The first-order chi connectivity index (χ1) is 7.77. The number of pyridine rings is 1. The Hall–Kier alpha value is -1.25. The first-order valence-electron chi connectivity index (χ1n) is 6.23. The molecule has 0 saturated heterocycles. The van der Waals surface area contributed by atoms with Gasteiger partial charge in [0.25, 0.3) is 0 Å². The molecule has 1 fully saturated rings. The minimum absolute atomic E-state index is 0.505. The average Bonchev–Trinajstić information content (AvgIpc) is 2.33. The standard InChI is InChI=1S/C13H21N3/c1-10(11-5-3-2-4-6-11)16-13-7-8-15-9-12(13)14/h7-11H,2-6,14H2,1H3,(H,15,16). The van der Waals surface area contributed by atoms with E-state index in [0.717, 1.165) is 17.3 Å². The van der Waals surface area contributed by atoms with Crippen LogP contribution in [-0.2, 0) is 0 Å². The summed E-state index contributed by atoms with van der Waals surface area (Å²) in [7, 11) is 0. The molecule has 1 atom stereocenters. The monoisotopic (exact) mass is 219 g/mol. The number of nitrogens with one attached hydrogen (secondary N) is 1. The second-order valence-electron chi connectivity index (χ2n) is 4.79. The van der Waals surface area contributed by atoms with Gasteiger partial charge in [-0.15, -0.1) is 0 Å². The van der Waals surface area contributed by atoms with Crippen LogP contribution >= 0.6 is 0 Å². The highest BCUT2D eigenvalue weighted by Gasteiger charge is 2.20. The van der Waals surface area contributed by atoms with Crippen molar-refractivity contribution in [2.24, 2.45) is 5.92 Å². The number of hydrogen-bond donors (Lipinski definition) is 2. The summed E-state index contributed by atoms with van der Waals surface area (Å²) in [5.74, 6) is 0.793. The molecule has 0 bridgehead atoms. The Bertz CT molecular complexity index is 332. The maximum absolute atomic E-state index is 5.87. The van der Waals surface area contributed by atoms with E-state index < -0.39 is 0 Å². The molecule has 0 aromatic carbocycles. The van der Waals surface area contributed by atoms with Gasteiger partial charge in [0.1, 0.15) is 0 Å². The largest absolute Gasteiger partial charge is 0.396 e. The Kier molecular flexibility index (Phi) is 3.65. The van der Waals surface area contributed by atoms with Gasteiger partial charge in [0, 0.05) is 12.2 Å².